The number of hydrogen-bond acceptors (Lipinski definition) is 4. The summed E-state index contributed by atoms with van der Waals surface area (Å²) in [6.45, 7) is 1.25. The highest BCUT2D eigenvalue weighted by atomic mass is 19.4. The molecular weight excluding hydrogens is 229 g/mol. The lowest BCUT2D eigenvalue weighted by Gasteiger charge is -2.28. The van der Waals surface area contributed by atoms with Crippen molar-refractivity contribution in [1.29, 1.82) is 0 Å². The molecule has 1 aliphatic heterocycles. The molecule has 0 bridgehead atoms. The summed E-state index contributed by atoms with van der Waals surface area (Å²) in [5, 5.41) is 0. The van der Waals surface area contributed by atoms with Crippen LogP contribution in [0.15, 0.2) is 12.2 Å². The van der Waals surface area contributed by atoms with E-state index in [0.29, 0.717) is 6.08 Å². The van der Waals surface area contributed by atoms with Crippen LogP contribution in [-0.2, 0) is 19.0 Å². The first-order chi connectivity index (χ1) is 7.37. The molecule has 0 unspecified atom stereocenters. The number of halogens is 3. The van der Waals surface area contributed by atoms with Gasteiger partial charge in [0.15, 0.2) is 6.29 Å². The second-order valence-corrected chi connectivity index (χ2v) is 3.03. The Labute approximate surface area is 90.0 Å². The summed E-state index contributed by atoms with van der Waals surface area (Å²) < 4.78 is 51.8. The lowest BCUT2D eigenvalue weighted by atomic mass is 10.0. The lowest BCUT2D eigenvalue weighted by Crippen LogP contribution is -2.52. The zero-order chi connectivity index (χ0) is 12.4. The Morgan fingerprint density at radius 1 is 1.56 bits per heavy atom. The Morgan fingerprint density at radius 3 is 2.56 bits per heavy atom. The molecule has 2 atom stereocenters. The van der Waals surface area contributed by atoms with E-state index in [1.165, 1.54) is 14.0 Å². The molecule has 0 saturated heterocycles. The topological polar surface area (TPSA) is 44.8 Å². The van der Waals surface area contributed by atoms with E-state index < -0.39 is 24.0 Å². The van der Waals surface area contributed by atoms with Gasteiger partial charge in [-0.15, -0.1) is 0 Å². The maximum atomic E-state index is 12.8. The van der Waals surface area contributed by atoms with E-state index in [1.807, 2.05) is 0 Å². The average Bonchev–Trinajstić information content (AvgIpc) is 2.62. The second-order valence-electron chi connectivity index (χ2n) is 3.03. The maximum absolute atomic E-state index is 12.8. The van der Waals surface area contributed by atoms with Gasteiger partial charge in [-0.3, -0.25) is 0 Å². The third kappa shape index (κ3) is 2.05. The van der Waals surface area contributed by atoms with Crippen molar-refractivity contribution in [2.75, 3.05) is 13.7 Å². The highest BCUT2D eigenvalue weighted by Gasteiger charge is 2.64. The molecule has 0 aromatic heterocycles. The van der Waals surface area contributed by atoms with Crippen LogP contribution < -0.4 is 0 Å². The highest BCUT2D eigenvalue weighted by molar-refractivity contribution is 5.84. The fourth-order valence-corrected chi connectivity index (χ4v) is 1.23. The van der Waals surface area contributed by atoms with Crippen molar-refractivity contribution in [3.05, 3.63) is 12.2 Å². The highest BCUT2D eigenvalue weighted by Crippen LogP contribution is 2.40. The summed E-state index contributed by atoms with van der Waals surface area (Å²) in [6, 6.07) is 0. The van der Waals surface area contributed by atoms with Crippen LogP contribution in [0.25, 0.3) is 0 Å². The molecule has 0 N–H and O–H groups in total. The van der Waals surface area contributed by atoms with E-state index in [0.717, 1.165) is 6.08 Å². The molecule has 1 aliphatic rings. The van der Waals surface area contributed by atoms with Crippen molar-refractivity contribution >= 4 is 5.97 Å². The summed E-state index contributed by atoms with van der Waals surface area (Å²) in [4.78, 5) is 11.3. The molecular formula is C9H11F3O4. The number of carbonyl (C=O) groups is 1. The van der Waals surface area contributed by atoms with Crippen molar-refractivity contribution < 1.29 is 32.2 Å². The predicted octanol–water partition coefficient (Wildman–Crippen LogP) is 1.41. The number of ether oxygens (including phenoxy) is 3. The van der Waals surface area contributed by atoms with E-state index in [2.05, 4.69) is 14.2 Å². The van der Waals surface area contributed by atoms with Crippen LogP contribution in [0.4, 0.5) is 13.2 Å². The third-order valence-corrected chi connectivity index (χ3v) is 2.02. The van der Waals surface area contributed by atoms with Crippen molar-refractivity contribution in [3.8, 4) is 0 Å². The summed E-state index contributed by atoms with van der Waals surface area (Å²) in [5.41, 5.74) is -3.05. The summed E-state index contributed by atoms with van der Waals surface area (Å²) in [5.74, 6) is -1.49. The Bertz CT molecular complexity index is 300. The summed E-state index contributed by atoms with van der Waals surface area (Å²) in [6.07, 6.45) is -4.46. The van der Waals surface area contributed by atoms with E-state index >= 15 is 0 Å². The minimum Gasteiger partial charge on any atom is -0.463 e. The quantitative estimate of drug-likeness (QED) is 0.552. The number of rotatable bonds is 3. The monoisotopic (exact) mass is 240 g/mol. The van der Waals surface area contributed by atoms with E-state index in [-0.39, 0.29) is 6.61 Å². The minimum absolute atomic E-state index is 0.161. The van der Waals surface area contributed by atoms with Crippen molar-refractivity contribution in [2.45, 2.75) is 25.0 Å². The van der Waals surface area contributed by atoms with E-state index in [1.54, 1.807) is 0 Å². The zero-order valence-corrected chi connectivity index (χ0v) is 8.71. The SMILES string of the molecule is CCOC(=O)[C@@]1(C(F)(F)F)C=C[C@@H](OC)O1. The Kier molecular flexibility index (Phi) is 3.59. The normalized spacial score (nSPS) is 29.4. The molecule has 4 nitrogen and oxygen atoms in total. The van der Waals surface area contributed by atoms with Crippen LogP contribution >= 0.6 is 0 Å². The Hall–Kier alpha value is -1.08. The molecule has 0 fully saturated rings. The first-order valence-corrected chi connectivity index (χ1v) is 4.51. The maximum Gasteiger partial charge on any atom is 0.432 e. The van der Waals surface area contributed by atoms with Crippen LogP contribution in [0, 0.1) is 0 Å². The van der Waals surface area contributed by atoms with Gasteiger partial charge in [-0.1, -0.05) is 0 Å². The van der Waals surface area contributed by atoms with Crippen LogP contribution in [0.1, 0.15) is 6.92 Å². The van der Waals surface area contributed by atoms with Crippen molar-refractivity contribution in [3.63, 3.8) is 0 Å². The van der Waals surface area contributed by atoms with Gasteiger partial charge in [0.1, 0.15) is 0 Å². The largest absolute Gasteiger partial charge is 0.463 e. The molecule has 0 aliphatic carbocycles. The van der Waals surface area contributed by atoms with Gasteiger partial charge in [-0.05, 0) is 19.1 Å². The van der Waals surface area contributed by atoms with Gasteiger partial charge in [-0.25, -0.2) is 4.79 Å². The number of hydrogen-bond donors (Lipinski definition) is 0. The number of alkyl halides is 3. The van der Waals surface area contributed by atoms with Crippen molar-refractivity contribution in [2.24, 2.45) is 0 Å². The van der Waals surface area contributed by atoms with Crippen LogP contribution in [0.2, 0.25) is 0 Å². The molecule has 1 rings (SSSR count). The average molecular weight is 240 g/mol. The van der Waals surface area contributed by atoms with Gasteiger partial charge in [-0.2, -0.15) is 13.2 Å². The fourth-order valence-electron chi connectivity index (χ4n) is 1.23. The number of carbonyl (C=O) groups excluding carboxylic acids is 1. The summed E-state index contributed by atoms with van der Waals surface area (Å²) in [7, 11) is 1.17. The van der Waals surface area contributed by atoms with Gasteiger partial charge in [0.25, 0.3) is 5.60 Å². The van der Waals surface area contributed by atoms with Gasteiger partial charge in [0.05, 0.1) is 6.61 Å². The molecule has 1 heterocycles. The molecule has 0 spiro atoms. The third-order valence-electron chi connectivity index (χ3n) is 2.02. The predicted molar refractivity (Wildman–Crippen MR) is 46.4 cm³/mol. The number of methoxy groups -OCH3 is 1. The van der Waals surface area contributed by atoms with Crippen LogP contribution in [0.5, 0.6) is 0 Å². The molecule has 0 saturated carbocycles. The number of esters is 1. The van der Waals surface area contributed by atoms with E-state index in [4.69, 9.17) is 0 Å². The van der Waals surface area contributed by atoms with Crippen LogP contribution in [-0.4, -0.2) is 37.8 Å². The smallest absolute Gasteiger partial charge is 0.432 e. The molecule has 0 radical (unpaired) electrons. The van der Waals surface area contributed by atoms with Crippen LogP contribution in [0.3, 0.4) is 0 Å². The molecule has 0 aromatic rings. The first kappa shape index (κ1) is 13.0. The first-order valence-electron chi connectivity index (χ1n) is 4.51. The molecule has 92 valence electrons. The molecule has 0 aromatic carbocycles. The molecule has 7 heteroatoms. The lowest BCUT2D eigenvalue weighted by molar-refractivity contribution is -0.281. The fraction of sp³-hybridized carbons (Fsp3) is 0.667. The van der Waals surface area contributed by atoms with Gasteiger partial charge in [0, 0.05) is 7.11 Å². The summed E-state index contributed by atoms with van der Waals surface area (Å²) >= 11 is 0. The van der Waals surface area contributed by atoms with Gasteiger partial charge in [0.2, 0.25) is 0 Å². The standard InChI is InChI=1S/C9H11F3O4/c1-3-15-7(13)8(9(10,11)12)5-4-6(14-2)16-8/h4-6H,3H2,1-2H3/t6-,8+/m0/s1. The molecule has 0 amide bonds. The Morgan fingerprint density at radius 2 is 2.19 bits per heavy atom. The second kappa shape index (κ2) is 4.42. The van der Waals surface area contributed by atoms with Gasteiger partial charge < -0.3 is 14.2 Å². The van der Waals surface area contributed by atoms with Crippen molar-refractivity contribution in [1.82, 2.24) is 0 Å². The molecule has 16 heavy (non-hydrogen) atoms. The minimum atomic E-state index is -4.89. The zero-order valence-electron chi connectivity index (χ0n) is 8.71. The van der Waals surface area contributed by atoms with E-state index in [9.17, 15) is 18.0 Å². The Balaban J connectivity index is 2.98. The van der Waals surface area contributed by atoms with Gasteiger partial charge >= 0.3 is 12.1 Å².